The van der Waals surface area contributed by atoms with E-state index in [1.807, 2.05) is 18.0 Å². The van der Waals surface area contributed by atoms with Gasteiger partial charge in [0.05, 0.1) is 13.1 Å². The number of guanidine groups is 1. The average Bonchev–Trinajstić information content (AvgIpc) is 3.26. The van der Waals surface area contributed by atoms with Crippen molar-refractivity contribution in [2.24, 2.45) is 4.99 Å². The minimum absolute atomic E-state index is 0.140. The SMILES string of the molecule is CCNC(=NCc1ccc(N2CCN(C)CC2)nc1)NCC(=O)N1CCCC1. The maximum absolute atomic E-state index is 12.2. The third kappa shape index (κ3) is 5.82. The van der Waals surface area contributed by atoms with E-state index in [0.29, 0.717) is 12.5 Å². The highest BCUT2D eigenvalue weighted by Crippen LogP contribution is 2.14. The molecule has 0 unspecified atom stereocenters. The van der Waals surface area contributed by atoms with Crippen LogP contribution in [-0.2, 0) is 11.3 Å². The number of nitrogens with zero attached hydrogens (tertiary/aromatic N) is 5. The van der Waals surface area contributed by atoms with Gasteiger partial charge in [0, 0.05) is 52.0 Å². The second kappa shape index (κ2) is 10.3. The van der Waals surface area contributed by atoms with Crippen LogP contribution in [0.4, 0.5) is 5.82 Å². The second-order valence-corrected chi connectivity index (χ2v) is 7.45. The van der Waals surface area contributed by atoms with Gasteiger partial charge >= 0.3 is 0 Å². The van der Waals surface area contributed by atoms with Crippen LogP contribution in [0, 0.1) is 0 Å². The number of likely N-dealkylation sites (N-methyl/N-ethyl adjacent to an activating group) is 1. The standard InChI is InChI=1S/C20H33N7O/c1-3-21-20(24-16-19(28)27-8-4-5-9-27)23-15-17-6-7-18(22-14-17)26-12-10-25(2)11-13-26/h6-7,14H,3-5,8-13,15-16H2,1-2H3,(H2,21,23,24). The zero-order valence-electron chi connectivity index (χ0n) is 17.2. The van der Waals surface area contributed by atoms with Gasteiger partial charge < -0.3 is 25.3 Å². The van der Waals surface area contributed by atoms with E-state index in [9.17, 15) is 4.79 Å². The summed E-state index contributed by atoms with van der Waals surface area (Å²) in [5, 5.41) is 6.35. The van der Waals surface area contributed by atoms with Gasteiger partial charge in [0.1, 0.15) is 5.82 Å². The molecule has 2 saturated heterocycles. The van der Waals surface area contributed by atoms with Crippen LogP contribution >= 0.6 is 0 Å². The highest BCUT2D eigenvalue weighted by Gasteiger charge is 2.18. The largest absolute Gasteiger partial charge is 0.357 e. The van der Waals surface area contributed by atoms with Gasteiger partial charge in [-0.15, -0.1) is 0 Å². The molecule has 2 fully saturated rings. The molecule has 154 valence electrons. The van der Waals surface area contributed by atoms with Crippen molar-refractivity contribution in [3.05, 3.63) is 23.9 Å². The molecule has 0 bridgehead atoms. The Hall–Kier alpha value is -2.35. The number of aromatic nitrogens is 1. The van der Waals surface area contributed by atoms with E-state index < -0.39 is 0 Å². The van der Waals surface area contributed by atoms with Gasteiger partial charge in [0.2, 0.25) is 5.91 Å². The number of rotatable bonds is 6. The fraction of sp³-hybridized carbons (Fsp3) is 0.650. The molecule has 0 aliphatic carbocycles. The number of aliphatic imine (C=N–C) groups is 1. The summed E-state index contributed by atoms with van der Waals surface area (Å²) >= 11 is 0. The van der Waals surface area contributed by atoms with Crippen LogP contribution in [0.2, 0.25) is 0 Å². The molecular weight excluding hydrogens is 354 g/mol. The minimum Gasteiger partial charge on any atom is -0.357 e. The Morgan fingerprint density at radius 3 is 2.50 bits per heavy atom. The van der Waals surface area contributed by atoms with Crippen LogP contribution in [0.1, 0.15) is 25.3 Å². The van der Waals surface area contributed by atoms with E-state index in [1.54, 1.807) is 0 Å². The molecule has 1 aromatic heterocycles. The third-order valence-corrected chi connectivity index (χ3v) is 5.27. The number of carbonyl (C=O) groups is 1. The second-order valence-electron chi connectivity index (χ2n) is 7.45. The number of piperazine rings is 1. The number of amides is 1. The summed E-state index contributed by atoms with van der Waals surface area (Å²) in [6.45, 7) is 9.51. The summed E-state index contributed by atoms with van der Waals surface area (Å²) in [6.07, 6.45) is 4.12. The van der Waals surface area contributed by atoms with Gasteiger partial charge in [-0.25, -0.2) is 9.98 Å². The first-order chi connectivity index (χ1) is 13.7. The zero-order valence-corrected chi connectivity index (χ0v) is 17.2. The molecule has 2 N–H and O–H groups in total. The Labute approximate surface area is 168 Å². The topological polar surface area (TPSA) is 76.1 Å². The molecule has 3 rings (SSSR count). The van der Waals surface area contributed by atoms with E-state index in [0.717, 1.165) is 70.0 Å². The lowest BCUT2D eigenvalue weighted by Crippen LogP contribution is -2.44. The normalized spacial score (nSPS) is 18.4. The molecule has 2 aliphatic rings. The van der Waals surface area contributed by atoms with Crippen molar-refractivity contribution in [2.75, 3.05) is 64.3 Å². The van der Waals surface area contributed by atoms with Gasteiger partial charge in [-0.1, -0.05) is 6.07 Å². The van der Waals surface area contributed by atoms with Gasteiger partial charge in [0.25, 0.3) is 0 Å². The van der Waals surface area contributed by atoms with Crippen molar-refractivity contribution in [3.8, 4) is 0 Å². The number of hydrogen-bond donors (Lipinski definition) is 2. The fourth-order valence-corrected chi connectivity index (χ4v) is 3.48. The minimum atomic E-state index is 0.140. The molecule has 2 aliphatic heterocycles. The zero-order chi connectivity index (χ0) is 19.8. The summed E-state index contributed by atoms with van der Waals surface area (Å²) < 4.78 is 0. The maximum Gasteiger partial charge on any atom is 0.241 e. The van der Waals surface area contributed by atoms with Crippen molar-refractivity contribution in [2.45, 2.75) is 26.3 Å². The van der Waals surface area contributed by atoms with Gasteiger partial charge in [-0.2, -0.15) is 0 Å². The van der Waals surface area contributed by atoms with Crippen molar-refractivity contribution < 1.29 is 4.79 Å². The predicted molar refractivity (Wildman–Crippen MR) is 113 cm³/mol. The Morgan fingerprint density at radius 2 is 1.86 bits per heavy atom. The fourth-order valence-electron chi connectivity index (χ4n) is 3.48. The van der Waals surface area contributed by atoms with E-state index >= 15 is 0 Å². The summed E-state index contributed by atoms with van der Waals surface area (Å²) in [7, 11) is 2.15. The maximum atomic E-state index is 12.2. The van der Waals surface area contributed by atoms with Crippen LogP contribution in [0.3, 0.4) is 0 Å². The van der Waals surface area contributed by atoms with Crippen LogP contribution in [0.25, 0.3) is 0 Å². The van der Waals surface area contributed by atoms with Crippen LogP contribution in [0.15, 0.2) is 23.3 Å². The molecule has 0 spiro atoms. The number of pyridine rings is 1. The van der Waals surface area contributed by atoms with E-state index in [1.165, 1.54) is 0 Å². The van der Waals surface area contributed by atoms with Crippen molar-refractivity contribution in [1.82, 2.24) is 25.4 Å². The molecular formula is C20H33N7O. The smallest absolute Gasteiger partial charge is 0.241 e. The summed E-state index contributed by atoms with van der Waals surface area (Å²) in [4.78, 5) is 28.0. The lowest BCUT2D eigenvalue weighted by molar-refractivity contribution is -0.128. The van der Waals surface area contributed by atoms with Crippen molar-refractivity contribution in [1.29, 1.82) is 0 Å². The quantitative estimate of drug-likeness (QED) is 0.547. The lowest BCUT2D eigenvalue weighted by atomic mass is 10.2. The number of anilines is 1. The van der Waals surface area contributed by atoms with Gasteiger partial charge in [0.15, 0.2) is 5.96 Å². The Bertz CT molecular complexity index is 647. The van der Waals surface area contributed by atoms with Crippen molar-refractivity contribution >= 4 is 17.7 Å². The molecule has 1 amide bonds. The Kier molecular flexibility index (Phi) is 7.47. The highest BCUT2D eigenvalue weighted by atomic mass is 16.2. The van der Waals surface area contributed by atoms with Crippen LogP contribution in [0.5, 0.6) is 0 Å². The number of nitrogens with one attached hydrogen (secondary N) is 2. The Morgan fingerprint density at radius 1 is 1.11 bits per heavy atom. The third-order valence-electron chi connectivity index (χ3n) is 5.27. The first-order valence-electron chi connectivity index (χ1n) is 10.3. The van der Waals surface area contributed by atoms with Gasteiger partial charge in [-0.05, 0) is 38.4 Å². The lowest BCUT2D eigenvalue weighted by Gasteiger charge is -2.33. The summed E-state index contributed by atoms with van der Waals surface area (Å²) in [6, 6.07) is 4.16. The first kappa shape index (κ1) is 20.4. The van der Waals surface area contributed by atoms with Crippen molar-refractivity contribution in [3.63, 3.8) is 0 Å². The molecule has 0 atom stereocenters. The summed E-state index contributed by atoms with van der Waals surface area (Å²) in [5.41, 5.74) is 1.06. The van der Waals surface area contributed by atoms with E-state index in [4.69, 9.17) is 0 Å². The number of likely N-dealkylation sites (tertiary alicyclic amines) is 1. The molecule has 8 heteroatoms. The molecule has 0 saturated carbocycles. The number of hydrogen-bond acceptors (Lipinski definition) is 5. The molecule has 0 radical (unpaired) electrons. The van der Waals surface area contributed by atoms with Crippen LogP contribution in [-0.4, -0.2) is 86.1 Å². The Balaban J connectivity index is 1.51. The summed E-state index contributed by atoms with van der Waals surface area (Å²) in [5.74, 6) is 1.83. The molecule has 3 heterocycles. The molecule has 0 aromatic carbocycles. The average molecular weight is 388 g/mol. The van der Waals surface area contributed by atoms with E-state index in [2.05, 4.69) is 49.6 Å². The first-order valence-corrected chi connectivity index (χ1v) is 10.3. The number of carbonyl (C=O) groups excluding carboxylic acids is 1. The predicted octanol–water partition coefficient (Wildman–Crippen LogP) is 0.511. The monoisotopic (exact) mass is 387 g/mol. The van der Waals surface area contributed by atoms with Gasteiger partial charge in [-0.3, -0.25) is 4.79 Å². The molecule has 28 heavy (non-hydrogen) atoms. The molecule has 1 aromatic rings. The van der Waals surface area contributed by atoms with E-state index in [-0.39, 0.29) is 12.5 Å². The van der Waals surface area contributed by atoms with Crippen LogP contribution < -0.4 is 15.5 Å². The molecule has 8 nitrogen and oxygen atoms in total. The highest BCUT2D eigenvalue weighted by molar-refractivity contribution is 5.86.